The van der Waals surface area contributed by atoms with E-state index in [-0.39, 0.29) is 0 Å². The second kappa shape index (κ2) is 8.74. The molecule has 0 aromatic heterocycles. The van der Waals surface area contributed by atoms with Gasteiger partial charge in [-0.2, -0.15) is 0 Å². The summed E-state index contributed by atoms with van der Waals surface area (Å²) in [4.78, 5) is 12.0. The quantitative estimate of drug-likeness (QED) is 0.574. The molecule has 0 aliphatic heterocycles. The summed E-state index contributed by atoms with van der Waals surface area (Å²) in [6.07, 6.45) is 5.50. The molecule has 1 saturated carbocycles. The van der Waals surface area contributed by atoms with Crippen molar-refractivity contribution in [3.63, 3.8) is 0 Å². The molecule has 1 aliphatic carbocycles. The summed E-state index contributed by atoms with van der Waals surface area (Å²) >= 11 is 0. The highest BCUT2D eigenvalue weighted by Gasteiger charge is 2.26. The number of benzene rings is 1. The first-order chi connectivity index (χ1) is 11.1. The molecule has 1 unspecified atom stereocenters. The van der Waals surface area contributed by atoms with Crippen LogP contribution in [-0.2, 0) is 4.79 Å². The maximum atomic E-state index is 12.0. The van der Waals surface area contributed by atoms with Crippen LogP contribution in [0.15, 0.2) is 24.3 Å². The molecule has 2 rings (SSSR count). The maximum Gasteiger partial charge on any atom is 0.268 e. The minimum absolute atomic E-state index is 0.510. The number of aliphatic hydroxyl groups excluding tert-OH is 1. The molecular weight excluding hydrogens is 294 g/mol. The van der Waals surface area contributed by atoms with E-state index in [9.17, 15) is 9.90 Å². The van der Waals surface area contributed by atoms with Crippen molar-refractivity contribution in [3.8, 4) is 5.75 Å². The van der Waals surface area contributed by atoms with E-state index in [1.54, 1.807) is 31.4 Å². The monoisotopic (exact) mass is 321 g/mol. The molecule has 1 aromatic rings. The fourth-order valence-electron chi connectivity index (χ4n) is 3.01. The third-order valence-electron chi connectivity index (χ3n) is 4.42. The molecule has 2 atom stereocenters. The van der Waals surface area contributed by atoms with Crippen LogP contribution in [0.5, 0.6) is 5.75 Å². The van der Waals surface area contributed by atoms with Gasteiger partial charge >= 0.3 is 0 Å². The Bertz CT molecular complexity index is 486. The smallest absolute Gasteiger partial charge is 0.268 e. The Morgan fingerprint density at radius 1 is 1.30 bits per heavy atom. The molecule has 1 amide bonds. The average Bonchev–Trinajstić information content (AvgIpc) is 2.60. The molecule has 0 heterocycles. The van der Waals surface area contributed by atoms with Crippen molar-refractivity contribution in [1.29, 1.82) is 0 Å². The van der Waals surface area contributed by atoms with Crippen molar-refractivity contribution in [1.82, 2.24) is 5.43 Å². The second-order valence-electron chi connectivity index (χ2n) is 6.19. The van der Waals surface area contributed by atoms with Crippen LogP contribution in [0.4, 0.5) is 5.69 Å². The minimum atomic E-state index is -1.21. The predicted octanol–water partition coefficient (Wildman–Crippen LogP) is 1.80. The molecule has 6 heteroatoms. The third-order valence-corrected chi connectivity index (χ3v) is 4.42. The van der Waals surface area contributed by atoms with Crippen LogP contribution < -0.4 is 21.3 Å². The van der Waals surface area contributed by atoms with E-state index in [1.807, 2.05) is 0 Å². The SMILES string of the molecule is COc1ccc(NNC(=O)C(O)[C@H](N)CC2CCCCC2)cc1. The number of nitrogens with one attached hydrogen (secondary N) is 2. The van der Waals surface area contributed by atoms with Crippen LogP contribution in [0.2, 0.25) is 0 Å². The predicted molar refractivity (Wildman–Crippen MR) is 89.9 cm³/mol. The van der Waals surface area contributed by atoms with Crippen LogP contribution in [0, 0.1) is 5.92 Å². The average molecular weight is 321 g/mol. The van der Waals surface area contributed by atoms with Gasteiger partial charge in [0.05, 0.1) is 12.8 Å². The number of amides is 1. The number of carbonyl (C=O) groups excluding carboxylic acids is 1. The molecule has 0 bridgehead atoms. The van der Waals surface area contributed by atoms with Crippen molar-refractivity contribution in [2.45, 2.75) is 50.7 Å². The molecule has 5 N–H and O–H groups in total. The molecule has 0 spiro atoms. The van der Waals surface area contributed by atoms with E-state index in [4.69, 9.17) is 10.5 Å². The van der Waals surface area contributed by atoms with Gasteiger partial charge in [0, 0.05) is 6.04 Å². The maximum absolute atomic E-state index is 12.0. The van der Waals surface area contributed by atoms with Crippen LogP contribution in [0.25, 0.3) is 0 Å². The number of aliphatic hydroxyl groups is 1. The van der Waals surface area contributed by atoms with E-state index < -0.39 is 18.1 Å². The summed E-state index contributed by atoms with van der Waals surface area (Å²) in [5, 5.41) is 10.1. The van der Waals surface area contributed by atoms with Crippen molar-refractivity contribution < 1.29 is 14.6 Å². The molecule has 1 aliphatic rings. The lowest BCUT2D eigenvalue weighted by Gasteiger charge is -2.26. The fraction of sp³-hybridized carbons (Fsp3) is 0.588. The van der Waals surface area contributed by atoms with E-state index in [2.05, 4.69) is 10.9 Å². The zero-order chi connectivity index (χ0) is 16.7. The lowest BCUT2D eigenvalue weighted by atomic mass is 9.84. The molecular formula is C17H27N3O3. The fourth-order valence-corrected chi connectivity index (χ4v) is 3.01. The summed E-state index contributed by atoms with van der Waals surface area (Å²) in [6, 6.07) is 6.57. The van der Waals surface area contributed by atoms with Crippen LogP contribution in [-0.4, -0.2) is 30.3 Å². The number of ether oxygens (including phenoxy) is 1. The first kappa shape index (κ1) is 17.6. The van der Waals surface area contributed by atoms with Crippen LogP contribution in [0.1, 0.15) is 38.5 Å². The molecule has 6 nitrogen and oxygen atoms in total. The topological polar surface area (TPSA) is 96.6 Å². The summed E-state index contributed by atoms with van der Waals surface area (Å²) < 4.78 is 5.06. The van der Waals surface area contributed by atoms with Gasteiger partial charge in [0.25, 0.3) is 5.91 Å². The summed E-state index contributed by atoms with van der Waals surface area (Å²) in [7, 11) is 1.59. The number of hydrazine groups is 1. The van der Waals surface area contributed by atoms with Crippen molar-refractivity contribution in [3.05, 3.63) is 24.3 Å². The highest BCUT2D eigenvalue weighted by atomic mass is 16.5. The Hall–Kier alpha value is -1.79. The molecule has 1 aromatic carbocycles. The zero-order valence-corrected chi connectivity index (χ0v) is 13.6. The number of methoxy groups -OCH3 is 1. The van der Waals surface area contributed by atoms with E-state index in [0.717, 1.165) is 18.6 Å². The molecule has 128 valence electrons. The van der Waals surface area contributed by atoms with Crippen molar-refractivity contribution in [2.75, 3.05) is 12.5 Å². The second-order valence-corrected chi connectivity index (χ2v) is 6.19. The number of hydrogen-bond donors (Lipinski definition) is 4. The molecule has 1 fully saturated rings. The first-order valence-corrected chi connectivity index (χ1v) is 8.23. The van der Waals surface area contributed by atoms with Gasteiger partial charge in [0.15, 0.2) is 0 Å². The van der Waals surface area contributed by atoms with Crippen molar-refractivity contribution >= 4 is 11.6 Å². The lowest BCUT2D eigenvalue weighted by molar-refractivity contribution is -0.130. The Kier molecular flexibility index (Phi) is 6.67. The summed E-state index contributed by atoms with van der Waals surface area (Å²) in [6.45, 7) is 0. The number of rotatable bonds is 7. The van der Waals surface area contributed by atoms with Gasteiger partial charge in [-0.1, -0.05) is 32.1 Å². The Balaban J connectivity index is 1.76. The zero-order valence-electron chi connectivity index (χ0n) is 13.6. The van der Waals surface area contributed by atoms with Gasteiger partial charge in [-0.05, 0) is 36.6 Å². The van der Waals surface area contributed by atoms with Crippen molar-refractivity contribution in [2.24, 2.45) is 11.7 Å². The Labute approximate surface area is 137 Å². The summed E-state index contributed by atoms with van der Waals surface area (Å²) in [5.74, 6) is 0.747. The van der Waals surface area contributed by atoms with E-state index >= 15 is 0 Å². The number of hydrogen-bond acceptors (Lipinski definition) is 5. The van der Waals surface area contributed by atoms with Gasteiger partial charge in [0.1, 0.15) is 11.9 Å². The standard InChI is InChI=1S/C17H27N3O3/c1-23-14-9-7-13(8-10-14)19-20-17(22)16(21)15(18)11-12-5-3-2-4-6-12/h7-10,12,15-16,19,21H,2-6,11,18H2,1H3,(H,20,22)/t15-,16?/m1/s1. The van der Waals surface area contributed by atoms with Crippen LogP contribution >= 0.6 is 0 Å². The van der Waals surface area contributed by atoms with E-state index in [1.165, 1.54) is 19.3 Å². The van der Waals surface area contributed by atoms with Gasteiger partial charge in [-0.25, -0.2) is 0 Å². The molecule has 0 radical (unpaired) electrons. The van der Waals surface area contributed by atoms with Gasteiger partial charge in [-0.15, -0.1) is 0 Å². The highest BCUT2D eigenvalue weighted by Crippen LogP contribution is 2.27. The van der Waals surface area contributed by atoms with Gasteiger partial charge in [-0.3, -0.25) is 15.6 Å². The summed E-state index contributed by atoms with van der Waals surface area (Å²) in [5.41, 5.74) is 12.0. The molecule has 0 saturated heterocycles. The highest BCUT2D eigenvalue weighted by molar-refractivity contribution is 5.82. The van der Waals surface area contributed by atoms with E-state index in [0.29, 0.717) is 18.0 Å². The normalized spacial score (nSPS) is 18.0. The Morgan fingerprint density at radius 3 is 2.57 bits per heavy atom. The Morgan fingerprint density at radius 2 is 1.96 bits per heavy atom. The minimum Gasteiger partial charge on any atom is -0.497 e. The third kappa shape index (κ3) is 5.41. The lowest BCUT2D eigenvalue weighted by Crippen LogP contribution is -2.48. The number of carbonyl (C=O) groups is 1. The number of anilines is 1. The van der Waals surface area contributed by atoms with Gasteiger partial charge < -0.3 is 15.6 Å². The first-order valence-electron chi connectivity index (χ1n) is 8.23. The largest absolute Gasteiger partial charge is 0.497 e. The van der Waals surface area contributed by atoms with Gasteiger partial charge in [0.2, 0.25) is 0 Å². The number of nitrogens with two attached hydrogens (primary N) is 1. The van der Waals surface area contributed by atoms with Crippen LogP contribution in [0.3, 0.4) is 0 Å². The molecule has 23 heavy (non-hydrogen) atoms.